The molecule has 23 heavy (non-hydrogen) atoms. The lowest BCUT2D eigenvalue weighted by atomic mass is 10.2. The summed E-state index contributed by atoms with van der Waals surface area (Å²) < 4.78 is 0. The number of azo groups is 1. The van der Waals surface area contributed by atoms with Gasteiger partial charge < -0.3 is 10.0 Å². The number of hydrogen-bond acceptors (Lipinski definition) is 6. The minimum atomic E-state index is -0.529. The van der Waals surface area contributed by atoms with Gasteiger partial charge in [-0.3, -0.25) is 10.1 Å². The van der Waals surface area contributed by atoms with E-state index in [-0.39, 0.29) is 12.3 Å². The Morgan fingerprint density at radius 3 is 2.65 bits per heavy atom. The number of aliphatic hydroxyl groups is 1. The second-order valence-electron chi connectivity index (χ2n) is 4.43. The second-order valence-corrected chi connectivity index (χ2v) is 4.43. The quantitative estimate of drug-likeness (QED) is 0.327. The van der Waals surface area contributed by atoms with E-state index in [2.05, 4.69) is 16.8 Å². The summed E-state index contributed by atoms with van der Waals surface area (Å²) in [5, 5.41) is 27.4. The highest BCUT2D eigenvalue weighted by Crippen LogP contribution is 2.19. The third kappa shape index (κ3) is 6.23. The third-order valence-corrected chi connectivity index (χ3v) is 2.98. The average Bonchev–Trinajstić information content (AvgIpc) is 2.56. The molecule has 1 aromatic carbocycles. The monoisotopic (exact) mass is 316 g/mol. The van der Waals surface area contributed by atoms with Gasteiger partial charge in [0.15, 0.2) is 0 Å². The summed E-state index contributed by atoms with van der Waals surface area (Å²) in [6.07, 6.45) is 5.25. The van der Waals surface area contributed by atoms with Crippen LogP contribution in [-0.2, 0) is 0 Å². The summed E-state index contributed by atoms with van der Waals surface area (Å²) >= 11 is 0. The van der Waals surface area contributed by atoms with Crippen LogP contribution in [0.25, 0.3) is 0 Å². The summed E-state index contributed by atoms with van der Waals surface area (Å²) in [4.78, 5) is 12.0. The molecule has 1 N–H and O–H groups in total. The van der Waals surface area contributed by atoms with E-state index in [9.17, 15) is 10.1 Å². The highest BCUT2D eigenvalue weighted by molar-refractivity contribution is 5.52. The normalized spacial score (nSPS) is 12.0. The minimum absolute atomic E-state index is 0.102. The first-order valence-corrected chi connectivity index (χ1v) is 7.12. The number of likely N-dealkylation sites (N-methyl/N-ethyl adjacent to an activating group) is 1. The molecule has 0 saturated heterocycles. The molecule has 122 valence electrons. The molecule has 1 aromatic rings. The maximum absolute atomic E-state index is 10.5. The molecule has 7 heteroatoms. The molecule has 7 nitrogen and oxygen atoms in total. The molecule has 0 saturated carbocycles. The second kappa shape index (κ2) is 10.0. The zero-order valence-corrected chi connectivity index (χ0v) is 13.0. The molecule has 0 atom stereocenters. The van der Waals surface area contributed by atoms with E-state index in [1.54, 1.807) is 0 Å². The van der Waals surface area contributed by atoms with Crippen molar-refractivity contribution in [2.75, 3.05) is 24.6 Å². The summed E-state index contributed by atoms with van der Waals surface area (Å²) in [5.41, 5.74) is 1.56. The van der Waals surface area contributed by atoms with Gasteiger partial charge in [-0.1, -0.05) is 6.58 Å². The molecule has 0 fully saturated rings. The lowest BCUT2D eigenvalue weighted by Crippen LogP contribution is -2.25. The first-order valence-electron chi connectivity index (χ1n) is 7.12. The predicted molar refractivity (Wildman–Crippen MR) is 90.3 cm³/mol. The SMILES string of the molecule is C=C/C(=C\C=C\N=Nc1ccc(N(CC)CCO)cc1)[N+](=O)[O-]. The molecule has 0 unspecified atom stereocenters. The molecular weight excluding hydrogens is 296 g/mol. The third-order valence-electron chi connectivity index (χ3n) is 2.98. The number of hydrogen-bond donors (Lipinski definition) is 1. The Morgan fingerprint density at radius 2 is 2.13 bits per heavy atom. The van der Waals surface area contributed by atoms with E-state index in [1.807, 2.05) is 36.1 Å². The molecule has 0 bridgehead atoms. The van der Waals surface area contributed by atoms with Crippen molar-refractivity contribution in [3.8, 4) is 0 Å². The molecule has 0 radical (unpaired) electrons. The average molecular weight is 316 g/mol. The molecule has 0 aromatic heterocycles. The van der Waals surface area contributed by atoms with Crippen LogP contribution < -0.4 is 4.90 Å². The molecule has 0 amide bonds. The standard InChI is InChI=1S/C16H20N4O3/c1-3-15(20(22)23)6-5-11-17-18-14-7-9-16(10-8-14)19(4-2)12-13-21/h3,5-11,21H,1,4,12-13H2,2H3/b11-5+,15-6+,18-17?. The van der Waals surface area contributed by atoms with Gasteiger partial charge in [0.2, 0.25) is 0 Å². The van der Waals surface area contributed by atoms with Crippen molar-refractivity contribution >= 4 is 11.4 Å². The van der Waals surface area contributed by atoms with Crippen LogP contribution in [0.3, 0.4) is 0 Å². The highest BCUT2D eigenvalue weighted by Gasteiger charge is 2.03. The van der Waals surface area contributed by atoms with Gasteiger partial charge in [0.25, 0.3) is 5.70 Å². The van der Waals surface area contributed by atoms with Gasteiger partial charge in [-0.05, 0) is 37.3 Å². The molecule has 0 heterocycles. The van der Waals surface area contributed by atoms with Crippen molar-refractivity contribution < 1.29 is 10.0 Å². The Morgan fingerprint density at radius 1 is 1.43 bits per heavy atom. The maximum Gasteiger partial charge on any atom is 0.268 e. The summed E-state index contributed by atoms with van der Waals surface area (Å²) in [7, 11) is 0. The Labute approximate surface area is 135 Å². The Bertz CT molecular complexity index is 606. The molecule has 0 spiro atoms. The summed E-state index contributed by atoms with van der Waals surface area (Å²) in [6.45, 7) is 6.86. The van der Waals surface area contributed by atoms with Crippen LogP contribution in [0, 0.1) is 10.1 Å². The van der Waals surface area contributed by atoms with Crippen molar-refractivity contribution in [1.29, 1.82) is 0 Å². The van der Waals surface area contributed by atoms with Crippen LogP contribution in [-0.4, -0.2) is 29.7 Å². The van der Waals surface area contributed by atoms with E-state index < -0.39 is 4.92 Å². The van der Waals surface area contributed by atoms with Crippen LogP contribution in [0.5, 0.6) is 0 Å². The van der Waals surface area contributed by atoms with Gasteiger partial charge >= 0.3 is 0 Å². The highest BCUT2D eigenvalue weighted by atomic mass is 16.6. The van der Waals surface area contributed by atoms with Gasteiger partial charge in [-0.25, -0.2) is 0 Å². The van der Waals surface area contributed by atoms with E-state index in [0.717, 1.165) is 18.3 Å². The molecular formula is C16H20N4O3. The predicted octanol–water partition coefficient (Wildman–Crippen LogP) is 3.45. The summed E-state index contributed by atoms with van der Waals surface area (Å²) in [5.74, 6) is 0. The summed E-state index contributed by atoms with van der Waals surface area (Å²) in [6, 6.07) is 7.43. The molecule has 0 aliphatic rings. The van der Waals surface area contributed by atoms with Crippen molar-refractivity contribution in [2.24, 2.45) is 10.2 Å². The number of allylic oxidation sites excluding steroid dienone is 3. The Hall–Kier alpha value is -2.80. The van der Waals surface area contributed by atoms with Gasteiger partial charge in [-0.15, -0.1) is 0 Å². The first kappa shape index (κ1) is 18.2. The zero-order chi connectivity index (χ0) is 17.1. The molecule has 1 rings (SSSR count). The van der Waals surface area contributed by atoms with E-state index in [0.29, 0.717) is 12.2 Å². The van der Waals surface area contributed by atoms with Crippen molar-refractivity contribution in [3.63, 3.8) is 0 Å². The van der Waals surface area contributed by atoms with Gasteiger partial charge in [0, 0.05) is 37.1 Å². The van der Waals surface area contributed by atoms with Crippen LogP contribution in [0.15, 0.2) is 71.2 Å². The number of aliphatic hydroxyl groups excluding tert-OH is 1. The van der Waals surface area contributed by atoms with Crippen LogP contribution >= 0.6 is 0 Å². The fraction of sp³-hybridized carbons (Fsp3) is 0.250. The Balaban J connectivity index is 2.68. The number of nitrogens with zero attached hydrogens (tertiary/aromatic N) is 4. The Kier molecular flexibility index (Phi) is 7.95. The largest absolute Gasteiger partial charge is 0.395 e. The van der Waals surface area contributed by atoms with Crippen LogP contribution in [0.2, 0.25) is 0 Å². The first-order chi connectivity index (χ1) is 11.1. The van der Waals surface area contributed by atoms with Gasteiger partial charge in [-0.2, -0.15) is 10.2 Å². The van der Waals surface area contributed by atoms with Gasteiger partial charge in [0.1, 0.15) is 0 Å². The maximum atomic E-state index is 10.5. The van der Waals surface area contributed by atoms with Crippen molar-refractivity contribution in [1.82, 2.24) is 0 Å². The van der Waals surface area contributed by atoms with Gasteiger partial charge in [0.05, 0.1) is 17.2 Å². The topological polar surface area (TPSA) is 91.3 Å². The van der Waals surface area contributed by atoms with E-state index >= 15 is 0 Å². The number of anilines is 1. The van der Waals surface area contributed by atoms with Crippen LogP contribution in [0.1, 0.15) is 6.92 Å². The minimum Gasteiger partial charge on any atom is -0.395 e. The van der Waals surface area contributed by atoms with Crippen molar-refractivity contribution in [3.05, 3.63) is 71.1 Å². The number of nitro groups is 1. The lowest BCUT2D eigenvalue weighted by molar-refractivity contribution is -0.418. The molecule has 0 aliphatic heterocycles. The lowest BCUT2D eigenvalue weighted by Gasteiger charge is -2.21. The van der Waals surface area contributed by atoms with E-state index in [1.165, 1.54) is 18.4 Å². The smallest absolute Gasteiger partial charge is 0.268 e. The number of benzene rings is 1. The zero-order valence-electron chi connectivity index (χ0n) is 13.0. The van der Waals surface area contributed by atoms with Crippen molar-refractivity contribution in [2.45, 2.75) is 6.92 Å². The number of rotatable bonds is 9. The fourth-order valence-corrected chi connectivity index (χ4v) is 1.80. The fourth-order valence-electron chi connectivity index (χ4n) is 1.80. The molecule has 0 aliphatic carbocycles. The van der Waals surface area contributed by atoms with Crippen LogP contribution in [0.4, 0.5) is 11.4 Å². The van der Waals surface area contributed by atoms with E-state index in [4.69, 9.17) is 5.11 Å².